The SMILES string of the molecule is CCN(CCCN(C)C)C(CN)C(F)(F)F. The van der Waals surface area contributed by atoms with E-state index < -0.39 is 12.2 Å². The molecule has 0 saturated heterocycles. The van der Waals surface area contributed by atoms with Crippen LogP contribution in [0.1, 0.15) is 13.3 Å². The van der Waals surface area contributed by atoms with Crippen molar-refractivity contribution in [3.63, 3.8) is 0 Å². The van der Waals surface area contributed by atoms with Crippen molar-refractivity contribution in [2.24, 2.45) is 5.73 Å². The predicted octanol–water partition coefficient (Wildman–Crippen LogP) is 1.15. The smallest absolute Gasteiger partial charge is 0.329 e. The van der Waals surface area contributed by atoms with Gasteiger partial charge in [0.05, 0.1) is 0 Å². The first-order valence-corrected chi connectivity index (χ1v) is 5.48. The van der Waals surface area contributed by atoms with Crippen molar-refractivity contribution in [2.75, 3.05) is 40.3 Å². The van der Waals surface area contributed by atoms with E-state index in [0.717, 1.165) is 6.54 Å². The minimum Gasteiger partial charge on any atom is -0.329 e. The van der Waals surface area contributed by atoms with Gasteiger partial charge in [0.25, 0.3) is 0 Å². The zero-order valence-corrected chi connectivity index (χ0v) is 10.2. The number of hydrogen-bond donors (Lipinski definition) is 1. The third-order valence-electron chi connectivity index (χ3n) is 2.50. The Bertz CT molecular complexity index is 183. The number of rotatable bonds is 7. The molecular formula is C10H22F3N3. The molecule has 0 rings (SSSR count). The summed E-state index contributed by atoms with van der Waals surface area (Å²) < 4.78 is 37.8. The highest BCUT2D eigenvalue weighted by molar-refractivity contribution is 4.79. The van der Waals surface area contributed by atoms with E-state index in [9.17, 15) is 13.2 Å². The number of alkyl halides is 3. The summed E-state index contributed by atoms with van der Waals surface area (Å²) >= 11 is 0. The fourth-order valence-corrected chi connectivity index (χ4v) is 1.61. The molecule has 0 aromatic carbocycles. The van der Waals surface area contributed by atoms with Crippen LogP contribution in [-0.4, -0.2) is 62.3 Å². The van der Waals surface area contributed by atoms with E-state index in [-0.39, 0.29) is 6.54 Å². The second-order valence-corrected chi connectivity index (χ2v) is 4.08. The highest BCUT2D eigenvalue weighted by atomic mass is 19.4. The average Bonchev–Trinajstić information content (AvgIpc) is 2.13. The minimum atomic E-state index is -4.23. The lowest BCUT2D eigenvalue weighted by Gasteiger charge is -2.31. The van der Waals surface area contributed by atoms with Crippen LogP contribution in [0.3, 0.4) is 0 Å². The van der Waals surface area contributed by atoms with Crippen molar-refractivity contribution in [1.82, 2.24) is 9.80 Å². The van der Waals surface area contributed by atoms with E-state index in [1.807, 2.05) is 19.0 Å². The fraction of sp³-hybridized carbons (Fsp3) is 1.00. The largest absolute Gasteiger partial charge is 0.405 e. The summed E-state index contributed by atoms with van der Waals surface area (Å²) in [7, 11) is 3.81. The molecular weight excluding hydrogens is 219 g/mol. The molecule has 0 amide bonds. The molecule has 3 nitrogen and oxygen atoms in total. The first-order valence-electron chi connectivity index (χ1n) is 5.48. The third kappa shape index (κ3) is 5.67. The summed E-state index contributed by atoms with van der Waals surface area (Å²) in [5.41, 5.74) is 5.19. The van der Waals surface area contributed by atoms with Crippen LogP contribution >= 0.6 is 0 Å². The Morgan fingerprint density at radius 1 is 1.19 bits per heavy atom. The van der Waals surface area contributed by atoms with Gasteiger partial charge in [0.1, 0.15) is 6.04 Å². The van der Waals surface area contributed by atoms with E-state index in [0.29, 0.717) is 19.5 Å². The van der Waals surface area contributed by atoms with Crippen molar-refractivity contribution in [2.45, 2.75) is 25.6 Å². The number of hydrogen-bond acceptors (Lipinski definition) is 3. The van der Waals surface area contributed by atoms with E-state index in [1.165, 1.54) is 4.90 Å². The Kier molecular flexibility index (Phi) is 6.94. The molecule has 0 fully saturated rings. The van der Waals surface area contributed by atoms with Crippen molar-refractivity contribution < 1.29 is 13.2 Å². The van der Waals surface area contributed by atoms with Crippen LogP contribution in [0, 0.1) is 0 Å². The number of halogens is 3. The summed E-state index contributed by atoms with van der Waals surface area (Å²) in [6, 6.07) is -1.51. The van der Waals surface area contributed by atoms with Crippen LogP contribution in [0.15, 0.2) is 0 Å². The van der Waals surface area contributed by atoms with Gasteiger partial charge >= 0.3 is 6.18 Å². The van der Waals surface area contributed by atoms with Gasteiger partial charge in [0.2, 0.25) is 0 Å². The summed E-state index contributed by atoms with van der Waals surface area (Å²) in [6.45, 7) is 2.93. The van der Waals surface area contributed by atoms with Crippen LogP contribution < -0.4 is 5.73 Å². The molecule has 0 saturated carbocycles. The zero-order valence-electron chi connectivity index (χ0n) is 10.2. The van der Waals surface area contributed by atoms with Gasteiger partial charge in [-0.15, -0.1) is 0 Å². The van der Waals surface area contributed by atoms with Crippen LogP contribution in [0.2, 0.25) is 0 Å². The Morgan fingerprint density at radius 3 is 2.06 bits per heavy atom. The zero-order chi connectivity index (χ0) is 12.8. The van der Waals surface area contributed by atoms with Gasteiger partial charge in [-0.2, -0.15) is 13.2 Å². The maximum absolute atomic E-state index is 12.6. The van der Waals surface area contributed by atoms with E-state index >= 15 is 0 Å². The number of nitrogens with two attached hydrogens (primary N) is 1. The molecule has 16 heavy (non-hydrogen) atoms. The summed E-state index contributed by atoms with van der Waals surface area (Å²) in [4.78, 5) is 3.35. The first kappa shape index (κ1) is 15.7. The molecule has 0 aliphatic heterocycles. The molecule has 0 aliphatic carbocycles. The lowest BCUT2D eigenvalue weighted by molar-refractivity contribution is -0.180. The Morgan fingerprint density at radius 2 is 1.75 bits per heavy atom. The molecule has 2 N–H and O–H groups in total. The molecule has 0 bridgehead atoms. The minimum absolute atomic E-state index is 0.370. The monoisotopic (exact) mass is 241 g/mol. The van der Waals surface area contributed by atoms with Gasteiger partial charge in [0, 0.05) is 13.1 Å². The lowest BCUT2D eigenvalue weighted by Crippen LogP contribution is -2.50. The molecule has 1 unspecified atom stereocenters. The van der Waals surface area contributed by atoms with Gasteiger partial charge in [-0.25, -0.2) is 0 Å². The van der Waals surface area contributed by atoms with Crippen molar-refractivity contribution in [3.05, 3.63) is 0 Å². The Labute approximate surface area is 95.4 Å². The number of likely N-dealkylation sites (N-methyl/N-ethyl adjacent to an activating group) is 1. The molecule has 1 atom stereocenters. The highest BCUT2D eigenvalue weighted by Crippen LogP contribution is 2.24. The molecule has 6 heteroatoms. The predicted molar refractivity (Wildman–Crippen MR) is 59.3 cm³/mol. The molecule has 0 heterocycles. The Balaban J connectivity index is 4.23. The maximum Gasteiger partial charge on any atom is 0.405 e. The maximum atomic E-state index is 12.6. The second-order valence-electron chi connectivity index (χ2n) is 4.08. The molecule has 0 radical (unpaired) electrons. The molecule has 98 valence electrons. The second kappa shape index (κ2) is 7.09. The average molecular weight is 241 g/mol. The first-order chi connectivity index (χ1) is 7.32. The van der Waals surface area contributed by atoms with Gasteiger partial charge in [0.15, 0.2) is 0 Å². The van der Waals surface area contributed by atoms with Crippen molar-refractivity contribution in [1.29, 1.82) is 0 Å². The van der Waals surface area contributed by atoms with E-state index in [4.69, 9.17) is 5.73 Å². The van der Waals surface area contributed by atoms with Gasteiger partial charge in [-0.1, -0.05) is 6.92 Å². The quantitative estimate of drug-likeness (QED) is 0.725. The molecule has 0 aliphatic rings. The van der Waals surface area contributed by atoms with Crippen LogP contribution in [-0.2, 0) is 0 Å². The highest BCUT2D eigenvalue weighted by Gasteiger charge is 2.41. The van der Waals surface area contributed by atoms with E-state index in [1.54, 1.807) is 6.92 Å². The summed E-state index contributed by atoms with van der Waals surface area (Å²) in [5, 5.41) is 0. The van der Waals surface area contributed by atoms with Crippen LogP contribution in [0.5, 0.6) is 0 Å². The standard InChI is InChI=1S/C10H22F3N3/c1-4-16(7-5-6-15(2)3)9(8-14)10(11,12)13/h9H,4-8,14H2,1-3H3. The Hall–Kier alpha value is -0.330. The molecule has 0 spiro atoms. The third-order valence-corrected chi connectivity index (χ3v) is 2.50. The van der Waals surface area contributed by atoms with Crippen LogP contribution in [0.4, 0.5) is 13.2 Å². The molecule has 0 aromatic heterocycles. The topological polar surface area (TPSA) is 32.5 Å². The van der Waals surface area contributed by atoms with E-state index in [2.05, 4.69) is 0 Å². The fourth-order valence-electron chi connectivity index (χ4n) is 1.61. The lowest BCUT2D eigenvalue weighted by atomic mass is 10.2. The van der Waals surface area contributed by atoms with Gasteiger partial charge in [-0.3, -0.25) is 4.90 Å². The van der Waals surface area contributed by atoms with Crippen molar-refractivity contribution in [3.8, 4) is 0 Å². The van der Waals surface area contributed by atoms with Crippen molar-refractivity contribution >= 4 is 0 Å². The van der Waals surface area contributed by atoms with Gasteiger partial charge in [-0.05, 0) is 33.6 Å². The summed E-state index contributed by atoms with van der Waals surface area (Å²) in [5.74, 6) is 0. The van der Waals surface area contributed by atoms with Crippen LogP contribution in [0.25, 0.3) is 0 Å². The summed E-state index contributed by atoms with van der Waals surface area (Å²) in [6.07, 6.45) is -3.52. The number of nitrogens with zero attached hydrogens (tertiary/aromatic N) is 2. The van der Waals surface area contributed by atoms with Gasteiger partial charge < -0.3 is 10.6 Å². The molecule has 0 aromatic rings. The normalized spacial score (nSPS) is 14.8.